The topological polar surface area (TPSA) is 61.2 Å². The van der Waals surface area contributed by atoms with Crippen LogP contribution in [0.25, 0.3) is 0 Å². The van der Waals surface area contributed by atoms with Gasteiger partial charge in [-0.1, -0.05) is 30.3 Å². The first-order valence-electron chi connectivity index (χ1n) is 9.06. The van der Waals surface area contributed by atoms with Crippen LogP contribution in [0, 0.1) is 13.8 Å². The third-order valence-electron chi connectivity index (χ3n) is 5.36. The molecule has 0 bridgehead atoms. The molecule has 27 heavy (non-hydrogen) atoms. The van der Waals surface area contributed by atoms with Gasteiger partial charge in [0.05, 0.1) is 26.3 Å². The molecular formula is C21H24N4O2. The molecule has 0 saturated carbocycles. The highest BCUT2D eigenvalue weighted by Gasteiger charge is 2.32. The van der Waals surface area contributed by atoms with Gasteiger partial charge in [0.2, 0.25) is 5.95 Å². The maximum absolute atomic E-state index is 5.68. The van der Waals surface area contributed by atoms with Gasteiger partial charge in [-0.25, -0.2) is 4.68 Å². The minimum atomic E-state index is 0.000379. The van der Waals surface area contributed by atoms with E-state index < -0.39 is 0 Å². The van der Waals surface area contributed by atoms with Crippen molar-refractivity contribution in [1.82, 2.24) is 14.8 Å². The molecule has 2 aromatic carbocycles. The van der Waals surface area contributed by atoms with Crippen LogP contribution in [-0.2, 0) is 0 Å². The Hall–Kier alpha value is -3.02. The summed E-state index contributed by atoms with van der Waals surface area (Å²) in [4.78, 5) is 4.41. The Morgan fingerprint density at radius 1 is 1.07 bits per heavy atom. The van der Waals surface area contributed by atoms with Gasteiger partial charge in [0.15, 0.2) is 11.5 Å². The molecule has 1 aliphatic heterocycles. The lowest BCUT2D eigenvalue weighted by Gasteiger charge is -2.32. The number of anilines is 1. The lowest BCUT2D eigenvalue weighted by atomic mass is 9.91. The van der Waals surface area contributed by atoms with Gasteiger partial charge in [0, 0.05) is 5.56 Å². The molecule has 0 spiro atoms. The van der Waals surface area contributed by atoms with Crippen molar-refractivity contribution in [3.05, 3.63) is 65.0 Å². The summed E-state index contributed by atoms with van der Waals surface area (Å²) in [7, 11) is 3.33. The molecular weight excluding hydrogens is 340 g/mol. The van der Waals surface area contributed by atoms with Crippen LogP contribution < -0.4 is 14.8 Å². The fourth-order valence-electron chi connectivity index (χ4n) is 3.75. The zero-order chi connectivity index (χ0) is 19.0. The van der Waals surface area contributed by atoms with Gasteiger partial charge in [0.1, 0.15) is 6.33 Å². The van der Waals surface area contributed by atoms with Gasteiger partial charge in [-0.3, -0.25) is 0 Å². The number of methoxy groups -OCH3 is 2. The summed E-state index contributed by atoms with van der Waals surface area (Å²) in [6.07, 6.45) is 2.42. The number of para-hydroxylation sites is 1. The van der Waals surface area contributed by atoms with E-state index in [1.165, 1.54) is 16.7 Å². The second kappa shape index (κ2) is 6.95. The Bertz CT molecular complexity index is 967. The Kier molecular flexibility index (Phi) is 4.48. The van der Waals surface area contributed by atoms with Gasteiger partial charge >= 0.3 is 0 Å². The van der Waals surface area contributed by atoms with Gasteiger partial charge in [-0.05, 0) is 43.0 Å². The molecule has 4 rings (SSSR count). The number of nitrogens with zero attached hydrogens (tertiary/aromatic N) is 3. The lowest BCUT2D eigenvalue weighted by Crippen LogP contribution is -2.28. The van der Waals surface area contributed by atoms with E-state index in [0.717, 1.165) is 29.4 Å². The predicted octanol–water partition coefficient (Wildman–Crippen LogP) is 4.06. The number of aromatic nitrogens is 3. The maximum Gasteiger partial charge on any atom is 0.222 e. The predicted molar refractivity (Wildman–Crippen MR) is 105 cm³/mol. The van der Waals surface area contributed by atoms with Crippen molar-refractivity contribution >= 4 is 5.95 Å². The third kappa shape index (κ3) is 3.01. The van der Waals surface area contributed by atoms with Crippen molar-refractivity contribution in [2.45, 2.75) is 32.4 Å². The summed E-state index contributed by atoms with van der Waals surface area (Å²) in [5.74, 6) is 2.23. The molecule has 1 aliphatic rings. The van der Waals surface area contributed by atoms with E-state index in [1.807, 2.05) is 16.8 Å². The second-order valence-electron chi connectivity index (χ2n) is 6.90. The first-order valence-corrected chi connectivity index (χ1v) is 9.06. The molecule has 0 radical (unpaired) electrons. The van der Waals surface area contributed by atoms with Crippen LogP contribution >= 0.6 is 0 Å². The van der Waals surface area contributed by atoms with Crippen molar-refractivity contribution in [2.24, 2.45) is 0 Å². The summed E-state index contributed by atoms with van der Waals surface area (Å²) < 4.78 is 13.1. The average molecular weight is 364 g/mol. The van der Waals surface area contributed by atoms with E-state index in [9.17, 15) is 0 Å². The summed E-state index contributed by atoms with van der Waals surface area (Å²) >= 11 is 0. The SMILES string of the molecule is COc1cccc([C@@H]2C[C@@H](c3ccc(C)c(C)c3)Nc3ncnn32)c1OC. The second-order valence-corrected chi connectivity index (χ2v) is 6.90. The molecule has 0 fully saturated rings. The summed E-state index contributed by atoms with van der Waals surface area (Å²) in [5, 5.41) is 7.97. The van der Waals surface area contributed by atoms with Crippen LogP contribution in [0.2, 0.25) is 0 Å². The molecule has 3 aromatic rings. The highest BCUT2D eigenvalue weighted by atomic mass is 16.5. The first kappa shape index (κ1) is 17.4. The monoisotopic (exact) mass is 364 g/mol. The third-order valence-corrected chi connectivity index (χ3v) is 5.36. The van der Waals surface area contributed by atoms with Crippen molar-refractivity contribution in [2.75, 3.05) is 19.5 Å². The molecule has 0 unspecified atom stereocenters. The molecule has 1 N–H and O–H groups in total. The van der Waals surface area contributed by atoms with E-state index in [2.05, 4.69) is 53.5 Å². The van der Waals surface area contributed by atoms with E-state index in [-0.39, 0.29) is 12.1 Å². The molecule has 2 heterocycles. The highest BCUT2D eigenvalue weighted by Crippen LogP contribution is 2.43. The van der Waals surface area contributed by atoms with Crippen molar-refractivity contribution < 1.29 is 9.47 Å². The van der Waals surface area contributed by atoms with Crippen LogP contribution in [-0.4, -0.2) is 29.0 Å². The average Bonchev–Trinajstić information content (AvgIpc) is 3.17. The smallest absolute Gasteiger partial charge is 0.222 e. The number of hydrogen-bond donors (Lipinski definition) is 1. The number of aryl methyl sites for hydroxylation is 2. The van der Waals surface area contributed by atoms with E-state index >= 15 is 0 Å². The largest absolute Gasteiger partial charge is 0.493 e. The number of fused-ring (bicyclic) bond motifs is 1. The Morgan fingerprint density at radius 3 is 2.67 bits per heavy atom. The van der Waals surface area contributed by atoms with E-state index in [1.54, 1.807) is 20.5 Å². The minimum Gasteiger partial charge on any atom is -0.493 e. The standard InChI is InChI=1S/C21H24N4O2/c1-13-8-9-15(10-14(13)2)17-11-18(25-21(24-17)22-12-23-25)16-6-5-7-19(26-3)20(16)27-4/h5-10,12,17-18H,11H2,1-4H3,(H,22,23,24)/t17-,18-/m0/s1. The summed E-state index contributed by atoms with van der Waals surface area (Å²) in [6, 6.07) is 12.7. The van der Waals surface area contributed by atoms with E-state index in [4.69, 9.17) is 9.47 Å². The highest BCUT2D eigenvalue weighted by molar-refractivity contribution is 5.50. The minimum absolute atomic E-state index is 0.000379. The summed E-state index contributed by atoms with van der Waals surface area (Å²) in [6.45, 7) is 4.28. The molecule has 2 atom stereocenters. The number of ether oxygens (including phenoxy) is 2. The maximum atomic E-state index is 5.68. The molecule has 140 valence electrons. The molecule has 1 aromatic heterocycles. The summed E-state index contributed by atoms with van der Waals surface area (Å²) in [5.41, 5.74) is 4.87. The number of nitrogens with one attached hydrogen (secondary N) is 1. The van der Waals surface area contributed by atoms with Gasteiger partial charge in [0.25, 0.3) is 0 Å². The van der Waals surface area contributed by atoms with E-state index in [0.29, 0.717) is 0 Å². The van der Waals surface area contributed by atoms with Crippen LogP contribution in [0.1, 0.15) is 40.8 Å². The van der Waals surface area contributed by atoms with Crippen LogP contribution in [0.15, 0.2) is 42.7 Å². The van der Waals surface area contributed by atoms with Crippen molar-refractivity contribution in [1.29, 1.82) is 0 Å². The zero-order valence-corrected chi connectivity index (χ0v) is 16.1. The van der Waals surface area contributed by atoms with Crippen LogP contribution in [0.3, 0.4) is 0 Å². The van der Waals surface area contributed by atoms with Crippen LogP contribution in [0.4, 0.5) is 5.95 Å². The van der Waals surface area contributed by atoms with Crippen molar-refractivity contribution in [3.8, 4) is 11.5 Å². The molecule has 6 heteroatoms. The Balaban J connectivity index is 1.78. The van der Waals surface area contributed by atoms with Crippen molar-refractivity contribution in [3.63, 3.8) is 0 Å². The molecule has 0 amide bonds. The zero-order valence-electron chi connectivity index (χ0n) is 16.1. The van der Waals surface area contributed by atoms with Gasteiger partial charge in [-0.2, -0.15) is 10.1 Å². The number of rotatable bonds is 4. The fourth-order valence-corrected chi connectivity index (χ4v) is 3.75. The molecule has 0 saturated heterocycles. The normalized spacial score (nSPS) is 18.5. The van der Waals surface area contributed by atoms with Crippen LogP contribution in [0.5, 0.6) is 11.5 Å². The Labute approximate surface area is 159 Å². The number of benzene rings is 2. The quantitative estimate of drug-likeness (QED) is 0.756. The molecule has 0 aliphatic carbocycles. The first-order chi connectivity index (χ1) is 13.1. The van der Waals surface area contributed by atoms with Gasteiger partial charge < -0.3 is 14.8 Å². The lowest BCUT2D eigenvalue weighted by molar-refractivity contribution is 0.340. The Morgan fingerprint density at radius 2 is 1.93 bits per heavy atom. The fraction of sp³-hybridized carbons (Fsp3) is 0.333. The van der Waals surface area contributed by atoms with Gasteiger partial charge in [-0.15, -0.1) is 0 Å². The number of hydrogen-bond acceptors (Lipinski definition) is 5. The molecule has 6 nitrogen and oxygen atoms in total.